The van der Waals surface area contributed by atoms with Crippen LogP contribution in [-0.4, -0.2) is 23.5 Å². The van der Waals surface area contributed by atoms with Crippen molar-refractivity contribution in [2.75, 3.05) is 16.4 Å². The Morgan fingerprint density at radius 2 is 1.67 bits per heavy atom. The van der Waals surface area contributed by atoms with Crippen LogP contribution in [0.3, 0.4) is 0 Å². The van der Waals surface area contributed by atoms with Gasteiger partial charge < -0.3 is 20.4 Å². The lowest BCUT2D eigenvalue weighted by Gasteiger charge is -2.12. The van der Waals surface area contributed by atoms with Gasteiger partial charge in [0.05, 0.1) is 17.6 Å². The predicted octanol–water partition coefficient (Wildman–Crippen LogP) is 7.02. The molecule has 0 radical (unpaired) electrons. The number of benzene rings is 3. The van der Waals surface area contributed by atoms with Gasteiger partial charge in [-0.2, -0.15) is 5.26 Å². The van der Waals surface area contributed by atoms with E-state index < -0.39 is 11.8 Å². The van der Waals surface area contributed by atoms with E-state index in [1.165, 1.54) is 35.4 Å². The van der Waals surface area contributed by atoms with Crippen molar-refractivity contribution in [1.82, 2.24) is 5.32 Å². The highest BCUT2D eigenvalue weighted by molar-refractivity contribution is 8.00. The minimum atomic E-state index is -0.545. The Morgan fingerprint density at radius 3 is 2.40 bits per heavy atom. The maximum atomic E-state index is 13.2. The topological polar surface area (TPSA) is 124 Å². The minimum Gasteiger partial charge on any atom is -0.465 e. The van der Waals surface area contributed by atoms with Crippen molar-refractivity contribution in [2.45, 2.75) is 4.90 Å². The van der Waals surface area contributed by atoms with E-state index in [4.69, 9.17) is 4.42 Å². The van der Waals surface area contributed by atoms with Gasteiger partial charge in [0, 0.05) is 33.2 Å². The average Bonchev–Trinajstić information content (AvgIpc) is 3.70. The van der Waals surface area contributed by atoms with Gasteiger partial charge in [-0.3, -0.25) is 14.4 Å². The third-order valence-corrected chi connectivity index (χ3v) is 7.95. The van der Waals surface area contributed by atoms with Crippen molar-refractivity contribution >= 4 is 57.6 Å². The average molecular weight is 605 g/mol. The van der Waals surface area contributed by atoms with Crippen LogP contribution in [0.2, 0.25) is 0 Å². The zero-order chi connectivity index (χ0) is 30.0. The monoisotopic (exact) mass is 604 g/mol. The van der Waals surface area contributed by atoms with E-state index in [-0.39, 0.29) is 17.4 Å². The summed E-state index contributed by atoms with van der Waals surface area (Å²) in [6.07, 6.45) is 2.92. The zero-order valence-corrected chi connectivity index (χ0v) is 24.2. The summed E-state index contributed by atoms with van der Waals surface area (Å²) in [5.41, 5.74) is 2.99. The summed E-state index contributed by atoms with van der Waals surface area (Å²) in [5.74, 6) is -0.751. The molecule has 0 unspecified atom stereocenters. The van der Waals surface area contributed by atoms with Crippen LogP contribution in [0, 0.1) is 11.3 Å². The van der Waals surface area contributed by atoms with E-state index in [9.17, 15) is 19.6 Å². The number of amides is 3. The molecule has 0 bridgehead atoms. The number of nitrogens with one attached hydrogen (secondary N) is 3. The summed E-state index contributed by atoms with van der Waals surface area (Å²) in [6.45, 7) is 0. The fourth-order valence-corrected chi connectivity index (χ4v) is 5.71. The molecule has 0 aliphatic carbocycles. The molecule has 0 atom stereocenters. The van der Waals surface area contributed by atoms with Crippen molar-refractivity contribution < 1.29 is 18.8 Å². The number of carbonyl (C=O) groups excluding carboxylic acids is 3. The molecule has 212 valence electrons. The van der Waals surface area contributed by atoms with Gasteiger partial charge in [0.2, 0.25) is 5.91 Å². The van der Waals surface area contributed by atoms with Gasteiger partial charge in [-0.05, 0) is 48.0 Å². The maximum absolute atomic E-state index is 13.2. The SMILES string of the molecule is N#Cc1c(-c2ccccc2)csc1NC(=O)CSc1cccc(NC(=O)/C(=C/c2ccco2)NC(=O)c2ccccc2)c1. The Morgan fingerprint density at radius 1 is 0.907 bits per heavy atom. The Bertz CT molecular complexity index is 1810. The highest BCUT2D eigenvalue weighted by Gasteiger charge is 2.17. The van der Waals surface area contributed by atoms with Crippen molar-refractivity contribution in [2.24, 2.45) is 0 Å². The van der Waals surface area contributed by atoms with Crippen molar-refractivity contribution in [3.8, 4) is 17.2 Å². The van der Waals surface area contributed by atoms with Gasteiger partial charge in [-0.15, -0.1) is 23.1 Å². The second-order valence-electron chi connectivity index (χ2n) is 9.04. The Hall–Kier alpha value is -5.37. The van der Waals surface area contributed by atoms with Gasteiger partial charge in [0.15, 0.2) is 0 Å². The van der Waals surface area contributed by atoms with Gasteiger partial charge >= 0.3 is 0 Å². The number of hydrogen-bond donors (Lipinski definition) is 3. The van der Waals surface area contributed by atoms with Gasteiger partial charge in [-0.25, -0.2) is 0 Å². The molecule has 3 aromatic carbocycles. The molecule has 3 amide bonds. The van der Waals surface area contributed by atoms with Crippen molar-refractivity contribution in [3.05, 3.63) is 131 Å². The predicted molar refractivity (Wildman–Crippen MR) is 169 cm³/mol. The largest absolute Gasteiger partial charge is 0.465 e. The third-order valence-electron chi connectivity index (χ3n) is 6.06. The highest BCUT2D eigenvalue weighted by atomic mass is 32.2. The number of thiophene rings is 1. The Kier molecular flexibility index (Phi) is 9.49. The van der Waals surface area contributed by atoms with E-state index in [0.29, 0.717) is 27.6 Å². The Labute approximate surface area is 256 Å². The van der Waals surface area contributed by atoms with Crippen LogP contribution in [0.15, 0.2) is 124 Å². The van der Waals surface area contributed by atoms with E-state index in [0.717, 1.165) is 16.0 Å². The third kappa shape index (κ3) is 7.68. The van der Waals surface area contributed by atoms with Crippen LogP contribution in [0.5, 0.6) is 0 Å². The molecule has 2 heterocycles. The molecule has 10 heteroatoms. The molecule has 0 saturated heterocycles. The van der Waals surface area contributed by atoms with Crippen LogP contribution < -0.4 is 16.0 Å². The molecule has 2 aromatic heterocycles. The van der Waals surface area contributed by atoms with E-state index in [2.05, 4.69) is 22.0 Å². The first-order valence-corrected chi connectivity index (χ1v) is 14.9. The quantitative estimate of drug-likeness (QED) is 0.116. The normalized spacial score (nSPS) is 10.9. The summed E-state index contributed by atoms with van der Waals surface area (Å²) in [7, 11) is 0. The molecule has 5 rings (SSSR count). The highest BCUT2D eigenvalue weighted by Crippen LogP contribution is 2.35. The van der Waals surface area contributed by atoms with Gasteiger partial charge in [-0.1, -0.05) is 54.6 Å². The van der Waals surface area contributed by atoms with Crippen LogP contribution in [0.1, 0.15) is 21.7 Å². The fourth-order valence-electron chi connectivity index (χ4n) is 4.02. The number of rotatable bonds is 10. The molecule has 8 nitrogen and oxygen atoms in total. The first-order valence-electron chi connectivity index (χ1n) is 13.0. The lowest BCUT2D eigenvalue weighted by Crippen LogP contribution is -2.30. The van der Waals surface area contributed by atoms with Crippen molar-refractivity contribution in [3.63, 3.8) is 0 Å². The minimum absolute atomic E-state index is 0.000328. The number of carbonyl (C=O) groups is 3. The number of nitrogens with zero attached hydrogens (tertiary/aromatic N) is 1. The standard InChI is InChI=1S/C33H24N4O4S2/c34-19-27-28(22-9-3-1-4-10-22)20-43-33(27)37-30(38)21-42-26-15-7-13-24(17-26)35-32(40)29(18-25-14-8-16-41-25)36-31(39)23-11-5-2-6-12-23/h1-18,20H,21H2,(H,35,40)(H,36,39)(H,37,38)/b29-18-. The van der Waals surface area contributed by atoms with Crippen LogP contribution in [0.4, 0.5) is 10.7 Å². The summed E-state index contributed by atoms with van der Waals surface area (Å²) in [6, 6.07) is 30.7. The van der Waals surface area contributed by atoms with E-state index in [1.807, 2.05) is 41.8 Å². The number of anilines is 2. The van der Waals surface area contributed by atoms with Gasteiger partial charge in [0.1, 0.15) is 22.5 Å². The van der Waals surface area contributed by atoms with Crippen LogP contribution in [0.25, 0.3) is 17.2 Å². The molecular formula is C33H24N4O4S2. The summed E-state index contributed by atoms with van der Waals surface area (Å²) in [4.78, 5) is 39.5. The summed E-state index contributed by atoms with van der Waals surface area (Å²) >= 11 is 2.59. The molecule has 0 fully saturated rings. The smallest absolute Gasteiger partial charge is 0.272 e. The molecular weight excluding hydrogens is 581 g/mol. The summed E-state index contributed by atoms with van der Waals surface area (Å²) < 4.78 is 5.34. The van der Waals surface area contributed by atoms with Crippen LogP contribution in [-0.2, 0) is 9.59 Å². The molecule has 0 aliphatic rings. The molecule has 0 saturated carbocycles. The molecule has 43 heavy (non-hydrogen) atoms. The van der Waals surface area contributed by atoms with Crippen LogP contribution >= 0.6 is 23.1 Å². The number of thioether (sulfide) groups is 1. The number of nitriles is 1. The van der Waals surface area contributed by atoms with E-state index in [1.54, 1.807) is 60.7 Å². The molecule has 0 aliphatic heterocycles. The van der Waals surface area contributed by atoms with E-state index >= 15 is 0 Å². The first-order chi connectivity index (χ1) is 21.0. The fraction of sp³-hybridized carbons (Fsp3) is 0.0303. The second-order valence-corrected chi connectivity index (χ2v) is 11.0. The lowest BCUT2D eigenvalue weighted by atomic mass is 10.1. The zero-order valence-electron chi connectivity index (χ0n) is 22.6. The molecule has 5 aromatic rings. The lowest BCUT2D eigenvalue weighted by molar-refractivity contribution is -0.114. The Balaban J connectivity index is 1.23. The van der Waals surface area contributed by atoms with Crippen molar-refractivity contribution in [1.29, 1.82) is 5.26 Å². The molecule has 0 spiro atoms. The molecule has 3 N–H and O–H groups in total. The summed E-state index contributed by atoms with van der Waals surface area (Å²) in [5, 5.41) is 20.4. The number of furan rings is 1. The van der Waals surface area contributed by atoms with Gasteiger partial charge in [0.25, 0.3) is 11.8 Å². The maximum Gasteiger partial charge on any atom is 0.272 e. The first kappa shape index (κ1) is 29.1. The second kappa shape index (κ2) is 14.0. The number of hydrogen-bond acceptors (Lipinski definition) is 7.